The summed E-state index contributed by atoms with van der Waals surface area (Å²) in [5.74, 6) is 0. The molecule has 1 atom stereocenters. The van der Waals surface area contributed by atoms with E-state index in [0.29, 0.717) is 13.1 Å². The van der Waals surface area contributed by atoms with Crippen molar-refractivity contribution < 1.29 is 18.8 Å². The van der Waals surface area contributed by atoms with E-state index in [4.69, 9.17) is 14.0 Å². The maximum absolute atomic E-state index is 12.3. The average Bonchev–Trinajstić information content (AvgIpc) is 3.16. The van der Waals surface area contributed by atoms with Crippen molar-refractivity contribution in [3.63, 3.8) is 0 Å². The fourth-order valence-electron chi connectivity index (χ4n) is 3.23. The van der Waals surface area contributed by atoms with E-state index in [0.717, 1.165) is 12.0 Å². The predicted molar refractivity (Wildman–Crippen MR) is 99.4 cm³/mol. The minimum atomic E-state index is -0.488. The van der Waals surface area contributed by atoms with Crippen LogP contribution in [-0.4, -0.2) is 57.6 Å². The highest BCUT2D eigenvalue weighted by atomic mass is 16.7. The molecular weight excluding hydrogens is 333 g/mol. The first-order chi connectivity index (χ1) is 11.9. The SMILES string of the molecule is CC(C)(C)OC(=O)N1CCC(n2cncc2B2OC(C)(C)C(C)(C)O2)C1. The van der Waals surface area contributed by atoms with Gasteiger partial charge in [0, 0.05) is 19.3 Å². The third kappa shape index (κ3) is 3.62. The molecule has 0 saturated carbocycles. The van der Waals surface area contributed by atoms with Crippen molar-refractivity contribution in [3.8, 4) is 0 Å². The summed E-state index contributed by atoms with van der Waals surface area (Å²) in [5, 5.41) is 0. The van der Waals surface area contributed by atoms with Crippen molar-refractivity contribution in [1.29, 1.82) is 0 Å². The molecular formula is C18H30BN3O4. The fraction of sp³-hybridized carbons (Fsp3) is 0.778. The largest absolute Gasteiger partial charge is 0.514 e. The van der Waals surface area contributed by atoms with Crippen LogP contribution < -0.4 is 5.59 Å². The molecule has 1 aromatic heterocycles. The van der Waals surface area contributed by atoms with Crippen LogP contribution >= 0.6 is 0 Å². The molecule has 2 fully saturated rings. The van der Waals surface area contributed by atoms with Gasteiger partial charge in [-0.05, 0) is 54.9 Å². The lowest BCUT2D eigenvalue weighted by molar-refractivity contribution is 0.00578. The van der Waals surface area contributed by atoms with Crippen molar-refractivity contribution in [2.75, 3.05) is 13.1 Å². The second-order valence-electron chi connectivity index (χ2n) is 9.18. The molecule has 144 valence electrons. The third-order valence-electron chi connectivity index (χ3n) is 5.40. The number of carbonyl (C=O) groups excluding carboxylic acids is 1. The van der Waals surface area contributed by atoms with E-state index in [-0.39, 0.29) is 12.1 Å². The fourth-order valence-corrected chi connectivity index (χ4v) is 3.23. The molecule has 0 bridgehead atoms. The monoisotopic (exact) mass is 363 g/mol. The normalized spacial score (nSPS) is 25.0. The average molecular weight is 363 g/mol. The smallest absolute Gasteiger partial charge is 0.444 e. The minimum Gasteiger partial charge on any atom is -0.444 e. The standard InChI is InChI=1S/C18H30BN3O4/c1-16(2,3)24-15(23)21-9-8-13(11-21)22-12-20-10-14(22)19-25-17(4,5)18(6,7)26-19/h10,12-13H,8-9,11H2,1-7H3. The van der Waals surface area contributed by atoms with Gasteiger partial charge in [-0.2, -0.15) is 0 Å². The lowest BCUT2D eigenvalue weighted by Gasteiger charge is -2.32. The summed E-state index contributed by atoms with van der Waals surface area (Å²) in [6, 6.07) is 0.138. The zero-order valence-corrected chi connectivity index (χ0v) is 16.9. The van der Waals surface area contributed by atoms with Gasteiger partial charge in [-0.3, -0.25) is 0 Å². The summed E-state index contributed by atoms with van der Waals surface area (Å²) in [7, 11) is -0.460. The Kier molecular flexibility index (Phi) is 4.64. The van der Waals surface area contributed by atoms with Gasteiger partial charge in [0.1, 0.15) is 5.60 Å². The van der Waals surface area contributed by atoms with Gasteiger partial charge >= 0.3 is 13.2 Å². The first-order valence-electron chi connectivity index (χ1n) is 9.25. The number of aromatic nitrogens is 2. The van der Waals surface area contributed by atoms with Crippen LogP contribution in [0.5, 0.6) is 0 Å². The highest BCUT2D eigenvalue weighted by Gasteiger charge is 2.53. The Morgan fingerprint density at radius 2 is 1.88 bits per heavy atom. The van der Waals surface area contributed by atoms with Crippen molar-refractivity contribution >= 4 is 18.8 Å². The van der Waals surface area contributed by atoms with Gasteiger partial charge < -0.3 is 23.5 Å². The Hall–Kier alpha value is -1.54. The molecule has 1 amide bonds. The lowest BCUT2D eigenvalue weighted by Crippen LogP contribution is -2.41. The number of likely N-dealkylation sites (tertiary alicyclic amines) is 1. The maximum Gasteiger partial charge on any atom is 0.514 e. The molecule has 0 N–H and O–H groups in total. The molecule has 0 aliphatic carbocycles. The van der Waals surface area contributed by atoms with Crippen LogP contribution in [-0.2, 0) is 14.0 Å². The molecule has 1 aromatic rings. The van der Waals surface area contributed by atoms with E-state index in [9.17, 15) is 4.79 Å². The summed E-state index contributed by atoms with van der Waals surface area (Å²) in [4.78, 5) is 18.4. The van der Waals surface area contributed by atoms with E-state index >= 15 is 0 Å². The van der Waals surface area contributed by atoms with Crippen LogP contribution in [0.1, 0.15) is 60.9 Å². The number of amides is 1. The Bertz CT molecular complexity index is 664. The first kappa shape index (κ1) is 19.2. The van der Waals surface area contributed by atoms with Crippen molar-refractivity contribution in [1.82, 2.24) is 14.5 Å². The summed E-state index contributed by atoms with van der Waals surface area (Å²) < 4.78 is 19.9. The minimum absolute atomic E-state index is 0.138. The summed E-state index contributed by atoms with van der Waals surface area (Å²) in [6.45, 7) is 15.0. The molecule has 1 unspecified atom stereocenters. The number of hydrogen-bond donors (Lipinski definition) is 0. The molecule has 3 heterocycles. The van der Waals surface area contributed by atoms with E-state index in [2.05, 4.69) is 9.55 Å². The van der Waals surface area contributed by atoms with Crippen LogP contribution in [0.15, 0.2) is 12.5 Å². The highest BCUT2D eigenvalue weighted by Crippen LogP contribution is 2.36. The molecule has 0 radical (unpaired) electrons. The zero-order chi connectivity index (χ0) is 19.3. The van der Waals surface area contributed by atoms with Crippen LogP contribution in [0.25, 0.3) is 0 Å². The van der Waals surface area contributed by atoms with Crippen molar-refractivity contribution in [2.45, 2.75) is 77.7 Å². The van der Waals surface area contributed by atoms with Crippen LogP contribution in [0.2, 0.25) is 0 Å². The lowest BCUT2D eigenvalue weighted by atomic mass is 9.84. The third-order valence-corrected chi connectivity index (χ3v) is 5.40. The van der Waals surface area contributed by atoms with Gasteiger partial charge in [0.25, 0.3) is 0 Å². The number of carbonyl (C=O) groups is 1. The zero-order valence-electron chi connectivity index (χ0n) is 16.9. The predicted octanol–water partition coefficient (Wildman–Crippen LogP) is 2.36. The van der Waals surface area contributed by atoms with E-state index in [1.54, 1.807) is 17.4 Å². The van der Waals surface area contributed by atoms with Crippen LogP contribution in [0.4, 0.5) is 4.79 Å². The molecule has 26 heavy (non-hydrogen) atoms. The Morgan fingerprint density at radius 1 is 1.27 bits per heavy atom. The second kappa shape index (κ2) is 6.27. The Morgan fingerprint density at radius 3 is 2.46 bits per heavy atom. The molecule has 2 saturated heterocycles. The topological polar surface area (TPSA) is 65.8 Å². The summed E-state index contributed by atoms with van der Waals surface area (Å²) >= 11 is 0. The number of nitrogens with zero attached hydrogens (tertiary/aromatic N) is 3. The number of ether oxygens (including phenoxy) is 1. The number of imidazole rings is 1. The van der Waals surface area contributed by atoms with Gasteiger partial charge in [-0.15, -0.1) is 0 Å². The molecule has 3 rings (SSSR count). The van der Waals surface area contributed by atoms with E-state index in [1.165, 1.54) is 0 Å². The van der Waals surface area contributed by atoms with Gasteiger partial charge in [0.05, 0.1) is 29.2 Å². The molecule has 2 aliphatic rings. The Labute approximate surface area is 156 Å². The van der Waals surface area contributed by atoms with Gasteiger partial charge in [0.15, 0.2) is 0 Å². The number of hydrogen-bond acceptors (Lipinski definition) is 5. The summed E-state index contributed by atoms with van der Waals surface area (Å²) in [5.41, 5.74) is -0.395. The molecule has 8 heteroatoms. The molecule has 0 aromatic carbocycles. The highest BCUT2D eigenvalue weighted by molar-refractivity contribution is 6.61. The quantitative estimate of drug-likeness (QED) is 0.755. The first-order valence-corrected chi connectivity index (χ1v) is 9.25. The van der Waals surface area contributed by atoms with Crippen LogP contribution in [0, 0.1) is 0 Å². The molecule has 2 aliphatic heterocycles. The summed E-state index contributed by atoms with van der Waals surface area (Å²) in [6.07, 6.45) is 4.17. The molecule has 7 nitrogen and oxygen atoms in total. The maximum atomic E-state index is 12.3. The van der Waals surface area contributed by atoms with Crippen molar-refractivity contribution in [2.24, 2.45) is 0 Å². The van der Waals surface area contributed by atoms with Gasteiger partial charge in [-0.1, -0.05) is 0 Å². The Balaban J connectivity index is 1.72. The molecule has 0 spiro atoms. The second-order valence-corrected chi connectivity index (χ2v) is 9.18. The van der Waals surface area contributed by atoms with Crippen LogP contribution in [0.3, 0.4) is 0 Å². The number of rotatable bonds is 2. The van der Waals surface area contributed by atoms with Crippen molar-refractivity contribution in [3.05, 3.63) is 12.5 Å². The van der Waals surface area contributed by atoms with Gasteiger partial charge in [-0.25, -0.2) is 9.78 Å². The van der Waals surface area contributed by atoms with E-state index < -0.39 is 23.9 Å². The van der Waals surface area contributed by atoms with Gasteiger partial charge in [0.2, 0.25) is 0 Å². The van der Waals surface area contributed by atoms with E-state index in [1.807, 2.05) is 48.5 Å².